The van der Waals surface area contributed by atoms with Crippen molar-refractivity contribution in [3.8, 4) is 5.69 Å². The van der Waals surface area contributed by atoms with Gasteiger partial charge in [-0.05, 0) is 5.56 Å². The average molecular weight is 460 g/mol. The predicted molar refractivity (Wildman–Crippen MR) is 82.3 cm³/mol. The summed E-state index contributed by atoms with van der Waals surface area (Å²) in [6.45, 7) is 0.640. The molecule has 0 spiro atoms. The van der Waals surface area contributed by atoms with E-state index in [1.165, 1.54) is 15.1 Å². The maximum absolute atomic E-state index is 5.35. The molecular formula is C17H19N3Pt. The molecule has 0 saturated carbocycles. The second-order valence-electron chi connectivity index (χ2n) is 4.55. The third-order valence-electron chi connectivity index (χ3n) is 3.01. The van der Waals surface area contributed by atoms with Crippen LogP contribution in [-0.4, -0.2) is 9.13 Å². The molecule has 0 aliphatic heterocycles. The summed E-state index contributed by atoms with van der Waals surface area (Å²) < 4.78 is 5.45. The van der Waals surface area contributed by atoms with Crippen LogP contribution in [0.3, 0.4) is 0 Å². The van der Waals surface area contributed by atoms with Gasteiger partial charge >= 0.3 is 87.8 Å². The Labute approximate surface area is 136 Å². The smallest absolute Gasteiger partial charge is 0.0178 e. The van der Waals surface area contributed by atoms with E-state index in [-0.39, 0.29) is 0 Å². The summed E-state index contributed by atoms with van der Waals surface area (Å²) in [5.74, 6) is 0. The molecule has 0 atom stereocenters. The molecule has 1 aromatic heterocycles. The van der Waals surface area contributed by atoms with E-state index in [2.05, 4.69) is 53.0 Å². The van der Waals surface area contributed by atoms with E-state index >= 15 is 0 Å². The van der Waals surface area contributed by atoms with Crippen molar-refractivity contribution < 1.29 is 19.4 Å². The molecule has 21 heavy (non-hydrogen) atoms. The molecule has 0 bridgehead atoms. The largest absolute Gasteiger partial charge is 0.326 e. The van der Waals surface area contributed by atoms with E-state index in [4.69, 9.17) is 5.73 Å². The van der Waals surface area contributed by atoms with Crippen molar-refractivity contribution in [2.75, 3.05) is 0 Å². The van der Waals surface area contributed by atoms with Gasteiger partial charge in [0.15, 0.2) is 0 Å². The van der Waals surface area contributed by atoms with Crippen molar-refractivity contribution in [2.24, 2.45) is 12.8 Å². The summed E-state index contributed by atoms with van der Waals surface area (Å²) >= 11 is 2.31. The van der Waals surface area contributed by atoms with Crippen LogP contribution in [0.1, 0.15) is 5.56 Å². The predicted octanol–water partition coefficient (Wildman–Crippen LogP) is 3.04. The fraction of sp³-hybridized carbons (Fsp3) is 0.118. The van der Waals surface area contributed by atoms with Gasteiger partial charge in [0.2, 0.25) is 0 Å². The number of nitrogens with zero attached hydrogens (tertiary/aromatic N) is 2. The zero-order chi connectivity index (χ0) is 15.1. The van der Waals surface area contributed by atoms with Gasteiger partial charge in [-0.2, -0.15) is 0 Å². The molecule has 0 unspecified atom stereocenters. The normalized spacial score (nSPS) is 9.90. The van der Waals surface area contributed by atoms with Gasteiger partial charge in [0, 0.05) is 6.54 Å². The molecule has 2 aromatic carbocycles. The Morgan fingerprint density at radius 2 is 1.48 bits per heavy atom. The van der Waals surface area contributed by atoms with E-state index in [0.29, 0.717) is 6.54 Å². The molecule has 0 amide bonds. The van der Waals surface area contributed by atoms with E-state index in [0.717, 1.165) is 0 Å². The van der Waals surface area contributed by atoms with Gasteiger partial charge in [-0.3, -0.25) is 0 Å². The molecule has 2 N–H and O–H groups in total. The first-order valence-electron chi connectivity index (χ1n) is 6.71. The molecule has 0 fully saturated rings. The molecule has 0 aliphatic rings. The molecule has 0 saturated heterocycles. The summed E-state index contributed by atoms with van der Waals surface area (Å²) in [6, 6.07) is 20.3. The number of benzene rings is 2. The zero-order valence-electron chi connectivity index (χ0n) is 11.9. The van der Waals surface area contributed by atoms with Gasteiger partial charge in [-0.15, -0.1) is 0 Å². The Hall–Kier alpha value is -1.70. The number of para-hydroxylation sites is 1. The third-order valence-corrected chi connectivity index (χ3v) is 4.35. The van der Waals surface area contributed by atoms with E-state index in [1.807, 2.05) is 55.6 Å². The third kappa shape index (κ3) is 4.38. The van der Waals surface area contributed by atoms with Crippen LogP contribution in [0.4, 0.5) is 0 Å². The number of aryl methyl sites for hydroxylation is 1. The standard InChI is InChI=1S/C10H10N2.C7H9N.Pt/c1-11-7-8-12(9-11)10-5-3-2-4-6-10;8-6-7-4-2-1-3-5-7;/h2-8H,1H3;1-5H,6,8H2;. The Balaban J connectivity index is 0.000000173. The second kappa shape index (κ2) is 7.92. The fourth-order valence-electron chi connectivity index (χ4n) is 1.84. The summed E-state index contributed by atoms with van der Waals surface area (Å²) in [7, 11) is 2.04. The first kappa shape index (κ1) is 15.7. The average Bonchev–Trinajstić information content (AvgIpc) is 2.89. The van der Waals surface area contributed by atoms with Crippen molar-refractivity contribution in [3.63, 3.8) is 0 Å². The molecule has 1 heterocycles. The van der Waals surface area contributed by atoms with E-state index in [1.54, 1.807) is 0 Å². The Morgan fingerprint density at radius 1 is 0.905 bits per heavy atom. The number of imidazole rings is 1. The number of rotatable bonds is 2. The van der Waals surface area contributed by atoms with Gasteiger partial charge in [0.1, 0.15) is 0 Å². The second-order valence-corrected chi connectivity index (χ2v) is 5.56. The van der Waals surface area contributed by atoms with Crippen molar-refractivity contribution in [2.45, 2.75) is 6.54 Å². The quantitative estimate of drug-likeness (QED) is 0.627. The minimum absolute atomic E-state index is 0.640. The van der Waals surface area contributed by atoms with Crippen LogP contribution in [0.15, 0.2) is 73.1 Å². The number of hydrogen-bond acceptors (Lipinski definition) is 1. The number of aromatic nitrogens is 2. The first-order chi connectivity index (χ1) is 10.2. The monoisotopic (exact) mass is 460 g/mol. The van der Waals surface area contributed by atoms with Crippen molar-refractivity contribution >= 4 is 0 Å². The van der Waals surface area contributed by atoms with Crippen molar-refractivity contribution in [1.29, 1.82) is 0 Å². The Morgan fingerprint density at radius 3 is 1.90 bits per heavy atom. The van der Waals surface area contributed by atoms with Crippen molar-refractivity contribution in [3.05, 3.63) is 82.4 Å². The van der Waals surface area contributed by atoms with Crippen LogP contribution in [0, 0.1) is 3.80 Å². The summed E-state index contributed by atoms with van der Waals surface area (Å²) in [5, 5.41) is 0. The molecule has 3 rings (SSSR count). The van der Waals surface area contributed by atoms with Crippen LogP contribution in [0.25, 0.3) is 5.69 Å². The summed E-state index contributed by atoms with van der Waals surface area (Å²) in [4.78, 5) is 0. The molecule has 112 valence electrons. The minimum Gasteiger partial charge on any atom is -0.326 e. The molecule has 0 radical (unpaired) electrons. The minimum atomic E-state index is 0.640. The van der Waals surface area contributed by atoms with Crippen LogP contribution in [0.2, 0.25) is 0 Å². The molecule has 0 aliphatic carbocycles. The molecule has 3 aromatic rings. The van der Waals surface area contributed by atoms with Gasteiger partial charge in [-0.1, -0.05) is 30.3 Å². The van der Waals surface area contributed by atoms with Gasteiger partial charge in [0.25, 0.3) is 0 Å². The van der Waals surface area contributed by atoms with Gasteiger partial charge in [-0.25, -0.2) is 0 Å². The summed E-state index contributed by atoms with van der Waals surface area (Å²) in [5.41, 5.74) is 7.74. The first-order valence-corrected chi connectivity index (χ1v) is 7.85. The van der Waals surface area contributed by atoms with Crippen LogP contribution in [0.5, 0.6) is 0 Å². The van der Waals surface area contributed by atoms with Crippen LogP contribution < -0.4 is 5.73 Å². The van der Waals surface area contributed by atoms with Crippen LogP contribution in [-0.2, 0) is 32.9 Å². The topological polar surface area (TPSA) is 35.9 Å². The molecular weight excluding hydrogens is 441 g/mol. The Bertz CT molecular complexity index is 715. The molecule has 3 nitrogen and oxygen atoms in total. The van der Waals surface area contributed by atoms with Gasteiger partial charge < -0.3 is 5.73 Å². The van der Waals surface area contributed by atoms with Crippen molar-refractivity contribution in [1.82, 2.24) is 9.13 Å². The molecule has 4 heteroatoms. The fourth-order valence-corrected chi connectivity index (χ4v) is 2.47. The SMILES string of the molecule is Cn1ccn(-c2ccccc2)[c]1=[Pt].NCc1ccccc1. The maximum Gasteiger partial charge on any atom is 0.0178 e. The van der Waals surface area contributed by atoms with E-state index < -0.39 is 0 Å². The number of hydrogen-bond donors (Lipinski definition) is 1. The van der Waals surface area contributed by atoms with Crippen LogP contribution >= 0.6 is 0 Å². The zero-order valence-corrected chi connectivity index (χ0v) is 14.2. The summed E-state index contributed by atoms with van der Waals surface area (Å²) in [6.07, 6.45) is 4.12. The maximum atomic E-state index is 5.35. The Kier molecular flexibility index (Phi) is 5.91. The number of nitrogens with two attached hydrogens (primary N) is 1. The van der Waals surface area contributed by atoms with Gasteiger partial charge in [0.05, 0.1) is 0 Å². The van der Waals surface area contributed by atoms with E-state index in [9.17, 15) is 0 Å².